The van der Waals surface area contributed by atoms with E-state index in [1.165, 1.54) is 27.4 Å². The SMILES string of the molecule is C=CCOc1ccc2c(C)c(C(=O)C=Cc3cc(OC)c(OC)c(OC)c3)c(=O)oc2c1. The average molecular weight is 436 g/mol. The normalized spacial score (nSPS) is 10.9. The highest BCUT2D eigenvalue weighted by Crippen LogP contribution is 2.38. The largest absolute Gasteiger partial charge is 0.493 e. The fraction of sp³-hybridized carbons (Fsp3) is 0.200. The summed E-state index contributed by atoms with van der Waals surface area (Å²) in [5, 5.41) is 0.653. The van der Waals surface area contributed by atoms with Gasteiger partial charge in [-0.1, -0.05) is 18.7 Å². The number of rotatable bonds is 9. The minimum atomic E-state index is -0.713. The van der Waals surface area contributed by atoms with Crippen LogP contribution >= 0.6 is 0 Å². The molecule has 0 N–H and O–H groups in total. The molecule has 0 amide bonds. The van der Waals surface area contributed by atoms with Crippen LogP contribution in [0.4, 0.5) is 0 Å². The van der Waals surface area contributed by atoms with E-state index < -0.39 is 11.4 Å². The van der Waals surface area contributed by atoms with Gasteiger partial charge in [0.1, 0.15) is 23.5 Å². The van der Waals surface area contributed by atoms with Crippen molar-refractivity contribution in [3.8, 4) is 23.0 Å². The maximum absolute atomic E-state index is 12.9. The highest BCUT2D eigenvalue weighted by Gasteiger charge is 2.18. The summed E-state index contributed by atoms with van der Waals surface area (Å²) in [6, 6.07) is 8.52. The number of fused-ring (bicyclic) bond motifs is 1. The van der Waals surface area contributed by atoms with Crippen molar-refractivity contribution in [3.05, 3.63) is 76.2 Å². The van der Waals surface area contributed by atoms with E-state index in [0.29, 0.717) is 51.7 Å². The van der Waals surface area contributed by atoms with Gasteiger partial charge >= 0.3 is 5.63 Å². The van der Waals surface area contributed by atoms with E-state index in [-0.39, 0.29) is 5.56 Å². The van der Waals surface area contributed by atoms with Crippen LogP contribution in [-0.4, -0.2) is 33.7 Å². The molecule has 0 aliphatic carbocycles. The molecule has 2 aromatic carbocycles. The van der Waals surface area contributed by atoms with Crippen molar-refractivity contribution < 1.29 is 28.2 Å². The second kappa shape index (κ2) is 9.87. The zero-order valence-corrected chi connectivity index (χ0v) is 18.4. The number of ketones is 1. The van der Waals surface area contributed by atoms with Crippen LogP contribution in [0, 0.1) is 6.92 Å². The van der Waals surface area contributed by atoms with Crippen LogP contribution in [0.5, 0.6) is 23.0 Å². The summed E-state index contributed by atoms with van der Waals surface area (Å²) < 4.78 is 26.8. The molecule has 0 fully saturated rings. The molecule has 166 valence electrons. The number of carbonyl (C=O) groups is 1. The molecule has 0 radical (unpaired) electrons. The first kappa shape index (κ1) is 22.7. The second-order valence-electron chi connectivity index (χ2n) is 6.80. The van der Waals surface area contributed by atoms with Gasteiger partial charge in [-0.2, -0.15) is 0 Å². The molecule has 7 heteroatoms. The smallest absolute Gasteiger partial charge is 0.347 e. The summed E-state index contributed by atoms with van der Waals surface area (Å²) in [5.74, 6) is 1.42. The molecule has 1 heterocycles. The van der Waals surface area contributed by atoms with Gasteiger partial charge in [-0.15, -0.1) is 0 Å². The van der Waals surface area contributed by atoms with Gasteiger partial charge in [-0.05, 0) is 48.4 Å². The van der Waals surface area contributed by atoms with Crippen LogP contribution in [-0.2, 0) is 0 Å². The molecule has 0 bridgehead atoms. The number of methoxy groups -OCH3 is 3. The van der Waals surface area contributed by atoms with Crippen LogP contribution in [0.2, 0.25) is 0 Å². The van der Waals surface area contributed by atoms with Crippen LogP contribution in [0.15, 0.2) is 58.3 Å². The van der Waals surface area contributed by atoms with Gasteiger partial charge in [0.25, 0.3) is 0 Å². The Labute approximate surface area is 185 Å². The molecule has 7 nitrogen and oxygen atoms in total. The van der Waals surface area contributed by atoms with Crippen LogP contribution in [0.1, 0.15) is 21.5 Å². The lowest BCUT2D eigenvalue weighted by molar-refractivity contribution is 0.104. The predicted molar refractivity (Wildman–Crippen MR) is 122 cm³/mol. The fourth-order valence-corrected chi connectivity index (χ4v) is 3.32. The average Bonchev–Trinajstić information content (AvgIpc) is 2.80. The van der Waals surface area contributed by atoms with Gasteiger partial charge in [-0.25, -0.2) is 4.79 Å². The number of benzene rings is 2. The third-order valence-corrected chi connectivity index (χ3v) is 4.87. The van der Waals surface area contributed by atoms with Gasteiger partial charge in [0.15, 0.2) is 17.3 Å². The Hall–Kier alpha value is -4.00. The Kier molecular flexibility index (Phi) is 7.00. The first-order chi connectivity index (χ1) is 15.4. The summed E-state index contributed by atoms with van der Waals surface area (Å²) in [4.78, 5) is 25.5. The standard InChI is InChI=1S/C25H24O7/c1-6-11-31-17-8-9-18-15(2)23(25(27)32-20(18)14-17)19(26)10-7-16-12-21(28-3)24(30-5)22(13-16)29-4/h6-10,12-14H,1,11H2,2-5H3. The van der Waals surface area contributed by atoms with Crippen molar-refractivity contribution in [1.29, 1.82) is 0 Å². The third-order valence-electron chi connectivity index (χ3n) is 4.87. The molecule has 3 aromatic rings. The van der Waals surface area contributed by atoms with E-state index in [1.54, 1.807) is 49.4 Å². The van der Waals surface area contributed by atoms with E-state index >= 15 is 0 Å². The predicted octanol–water partition coefficient (Wildman–Crippen LogP) is 4.59. The van der Waals surface area contributed by atoms with Crippen molar-refractivity contribution >= 4 is 22.8 Å². The molecule has 0 saturated heterocycles. The maximum atomic E-state index is 12.9. The zero-order chi connectivity index (χ0) is 23.3. The molecular weight excluding hydrogens is 412 g/mol. The first-order valence-electron chi connectivity index (χ1n) is 9.77. The van der Waals surface area contributed by atoms with E-state index in [0.717, 1.165) is 0 Å². The highest BCUT2D eigenvalue weighted by atomic mass is 16.5. The monoisotopic (exact) mass is 436 g/mol. The lowest BCUT2D eigenvalue weighted by atomic mass is 10.0. The molecular formula is C25H24O7. The number of aryl methyl sites for hydroxylation is 1. The zero-order valence-electron chi connectivity index (χ0n) is 18.4. The summed E-state index contributed by atoms with van der Waals surface area (Å²) in [6.45, 7) is 5.64. The van der Waals surface area contributed by atoms with E-state index in [1.807, 2.05) is 0 Å². The Bertz CT molecular complexity index is 1230. The van der Waals surface area contributed by atoms with E-state index in [9.17, 15) is 9.59 Å². The van der Waals surface area contributed by atoms with Gasteiger partial charge in [-0.3, -0.25) is 4.79 Å². The molecule has 0 unspecified atom stereocenters. The Morgan fingerprint density at radius 3 is 2.34 bits per heavy atom. The van der Waals surface area contributed by atoms with Gasteiger partial charge in [0.05, 0.1) is 21.3 Å². The van der Waals surface area contributed by atoms with Crippen molar-refractivity contribution in [3.63, 3.8) is 0 Å². The minimum Gasteiger partial charge on any atom is -0.493 e. The maximum Gasteiger partial charge on any atom is 0.347 e. The number of hydrogen-bond donors (Lipinski definition) is 0. The van der Waals surface area contributed by atoms with Crippen LogP contribution < -0.4 is 24.6 Å². The Balaban J connectivity index is 1.97. The molecule has 3 rings (SSSR count). The quantitative estimate of drug-likeness (QED) is 0.210. The van der Waals surface area contributed by atoms with Crippen LogP contribution in [0.3, 0.4) is 0 Å². The summed E-state index contributed by atoms with van der Waals surface area (Å²) in [6.07, 6.45) is 4.50. The third kappa shape index (κ3) is 4.51. The lowest BCUT2D eigenvalue weighted by Crippen LogP contribution is -2.15. The molecule has 0 saturated carbocycles. The number of hydrogen-bond acceptors (Lipinski definition) is 7. The van der Waals surface area contributed by atoms with Gasteiger partial charge in [0.2, 0.25) is 5.75 Å². The van der Waals surface area contributed by atoms with Gasteiger partial charge in [0, 0.05) is 11.5 Å². The molecule has 0 aliphatic heterocycles. The summed E-state index contributed by atoms with van der Waals surface area (Å²) >= 11 is 0. The highest BCUT2D eigenvalue weighted by molar-refractivity contribution is 6.09. The fourth-order valence-electron chi connectivity index (χ4n) is 3.32. The van der Waals surface area contributed by atoms with Crippen molar-refractivity contribution in [2.24, 2.45) is 0 Å². The van der Waals surface area contributed by atoms with E-state index in [4.69, 9.17) is 23.4 Å². The minimum absolute atomic E-state index is 0.0269. The molecule has 0 spiro atoms. The summed E-state index contributed by atoms with van der Waals surface area (Å²) in [5.41, 5.74) is 0.779. The second-order valence-corrected chi connectivity index (χ2v) is 6.80. The number of allylic oxidation sites excluding steroid dienone is 1. The Morgan fingerprint density at radius 1 is 1.06 bits per heavy atom. The molecule has 1 aromatic heterocycles. The number of carbonyl (C=O) groups excluding carboxylic acids is 1. The molecule has 0 atom stereocenters. The van der Waals surface area contributed by atoms with Crippen LogP contribution in [0.25, 0.3) is 17.0 Å². The summed E-state index contributed by atoms with van der Waals surface area (Å²) in [7, 11) is 4.52. The van der Waals surface area contributed by atoms with Crippen molar-refractivity contribution in [2.45, 2.75) is 6.92 Å². The molecule has 32 heavy (non-hydrogen) atoms. The van der Waals surface area contributed by atoms with Crippen molar-refractivity contribution in [1.82, 2.24) is 0 Å². The topological polar surface area (TPSA) is 84.2 Å². The lowest BCUT2D eigenvalue weighted by Gasteiger charge is -2.12. The Morgan fingerprint density at radius 2 is 1.75 bits per heavy atom. The van der Waals surface area contributed by atoms with Crippen molar-refractivity contribution in [2.75, 3.05) is 27.9 Å². The van der Waals surface area contributed by atoms with Gasteiger partial charge < -0.3 is 23.4 Å². The number of ether oxygens (including phenoxy) is 4. The van der Waals surface area contributed by atoms with E-state index in [2.05, 4.69) is 6.58 Å². The first-order valence-corrected chi connectivity index (χ1v) is 9.77. The molecule has 0 aliphatic rings.